The lowest BCUT2D eigenvalue weighted by Crippen LogP contribution is -2.47. The van der Waals surface area contributed by atoms with Gasteiger partial charge in [-0.05, 0) is 36.6 Å². The number of aromatic nitrogens is 2. The number of alkyl halides is 1. The van der Waals surface area contributed by atoms with Gasteiger partial charge in [0.15, 0.2) is 0 Å². The fourth-order valence-electron chi connectivity index (χ4n) is 2.32. The second-order valence-corrected chi connectivity index (χ2v) is 7.57. The van der Waals surface area contributed by atoms with Crippen molar-refractivity contribution in [3.05, 3.63) is 24.3 Å². The number of nitrogens with one attached hydrogen (secondary N) is 2. The summed E-state index contributed by atoms with van der Waals surface area (Å²) in [5.41, 5.74) is 0.878. The number of halogens is 1. The van der Waals surface area contributed by atoms with Crippen molar-refractivity contribution < 1.29 is 14.3 Å². The topological polar surface area (TPSA) is 93.2 Å². The van der Waals surface area contributed by atoms with Crippen LogP contribution in [0.2, 0.25) is 0 Å². The second kappa shape index (κ2) is 10.2. The first-order chi connectivity index (χ1) is 12.9. The van der Waals surface area contributed by atoms with Gasteiger partial charge < -0.3 is 10.1 Å². The van der Waals surface area contributed by atoms with Crippen molar-refractivity contribution in [2.45, 2.75) is 32.7 Å². The number of carbonyl (C=O) groups excluding carboxylic acids is 2. The summed E-state index contributed by atoms with van der Waals surface area (Å²) < 4.78 is 5.14. The van der Waals surface area contributed by atoms with Gasteiger partial charge >= 0.3 is 0 Å². The van der Waals surface area contributed by atoms with E-state index in [2.05, 4.69) is 20.8 Å². The molecule has 1 atom stereocenters. The summed E-state index contributed by atoms with van der Waals surface area (Å²) in [4.78, 5) is 24.5. The van der Waals surface area contributed by atoms with Gasteiger partial charge in [-0.3, -0.25) is 14.9 Å². The first kappa shape index (κ1) is 21.1. The molecule has 146 valence electrons. The van der Waals surface area contributed by atoms with Gasteiger partial charge in [0.25, 0.3) is 0 Å². The highest BCUT2D eigenvalue weighted by Gasteiger charge is 2.25. The Morgan fingerprint density at radius 3 is 2.52 bits per heavy atom. The molecule has 2 amide bonds. The highest BCUT2D eigenvalue weighted by molar-refractivity contribution is 7.18. The number of nitrogens with zero attached hydrogens (tertiary/aromatic N) is 2. The molecule has 1 heterocycles. The molecule has 0 spiro atoms. The van der Waals surface area contributed by atoms with Gasteiger partial charge in [0.05, 0.1) is 7.11 Å². The number of benzene rings is 1. The first-order valence-corrected chi connectivity index (χ1v) is 9.93. The summed E-state index contributed by atoms with van der Waals surface area (Å²) >= 11 is 6.87. The summed E-state index contributed by atoms with van der Waals surface area (Å²) in [6.07, 6.45) is 0.863. The first-order valence-electron chi connectivity index (χ1n) is 8.58. The Labute approximate surface area is 167 Å². The summed E-state index contributed by atoms with van der Waals surface area (Å²) in [5, 5.41) is 14.7. The number of ether oxygens (including phenoxy) is 1. The molecule has 9 heteroatoms. The maximum atomic E-state index is 12.6. The normalized spacial score (nSPS) is 11.9. The molecule has 1 aromatic carbocycles. The second-order valence-electron chi connectivity index (χ2n) is 6.21. The summed E-state index contributed by atoms with van der Waals surface area (Å²) in [7, 11) is 1.60. The minimum atomic E-state index is -0.652. The van der Waals surface area contributed by atoms with E-state index in [1.807, 2.05) is 38.1 Å². The van der Waals surface area contributed by atoms with Crippen LogP contribution in [-0.4, -0.2) is 41.0 Å². The van der Waals surface area contributed by atoms with Crippen LogP contribution >= 0.6 is 22.9 Å². The van der Waals surface area contributed by atoms with Crippen molar-refractivity contribution in [1.82, 2.24) is 15.5 Å². The summed E-state index contributed by atoms with van der Waals surface area (Å²) in [6.45, 7) is 3.74. The predicted octanol–water partition coefficient (Wildman–Crippen LogP) is 3.31. The van der Waals surface area contributed by atoms with E-state index < -0.39 is 6.04 Å². The van der Waals surface area contributed by atoms with Crippen molar-refractivity contribution >= 4 is 39.9 Å². The quantitative estimate of drug-likeness (QED) is 0.618. The Morgan fingerprint density at radius 1 is 1.22 bits per heavy atom. The molecule has 0 fully saturated rings. The molecule has 0 saturated heterocycles. The molecule has 0 saturated carbocycles. The SMILES string of the molecule is COc1ccc(-c2nnc(NC(=O)C(NC(=O)CCCCl)C(C)C)s2)cc1. The molecule has 7 nitrogen and oxygen atoms in total. The molecule has 0 aliphatic rings. The number of rotatable bonds is 9. The smallest absolute Gasteiger partial charge is 0.249 e. The van der Waals surface area contributed by atoms with E-state index >= 15 is 0 Å². The monoisotopic (exact) mass is 410 g/mol. The standard InChI is InChI=1S/C18H23ClN4O3S/c1-11(2)15(20-14(24)5-4-10-19)16(25)21-18-23-22-17(27-18)12-6-8-13(26-3)9-7-12/h6-9,11,15H,4-5,10H2,1-3H3,(H,20,24)(H,21,23,25). The van der Waals surface area contributed by atoms with E-state index in [0.717, 1.165) is 11.3 Å². The van der Waals surface area contributed by atoms with Crippen LogP contribution in [-0.2, 0) is 9.59 Å². The Bertz CT molecular complexity index is 764. The van der Waals surface area contributed by atoms with Crippen LogP contribution in [0.15, 0.2) is 24.3 Å². The molecule has 1 unspecified atom stereocenters. The number of amides is 2. The van der Waals surface area contributed by atoms with Crippen molar-refractivity contribution in [3.8, 4) is 16.3 Å². The number of hydrogen-bond donors (Lipinski definition) is 2. The van der Waals surface area contributed by atoms with E-state index in [-0.39, 0.29) is 17.7 Å². The number of anilines is 1. The minimum Gasteiger partial charge on any atom is -0.497 e. The molecule has 2 N–H and O–H groups in total. The number of hydrogen-bond acceptors (Lipinski definition) is 6. The Balaban J connectivity index is 2.02. The van der Waals surface area contributed by atoms with Gasteiger partial charge in [0.1, 0.15) is 16.8 Å². The van der Waals surface area contributed by atoms with Gasteiger partial charge in [-0.2, -0.15) is 0 Å². The zero-order valence-electron chi connectivity index (χ0n) is 15.5. The van der Waals surface area contributed by atoms with Crippen LogP contribution in [0, 0.1) is 5.92 Å². The van der Waals surface area contributed by atoms with Crippen LogP contribution in [0.1, 0.15) is 26.7 Å². The van der Waals surface area contributed by atoms with Crippen molar-refractivity contribution in [2.75, 3.05) is 18.3 Å². The third kappa shape index (κ3) is 6.18. The molecular formula is C18H23ClN4O3S. The fourth-order valence-corrected chi connectivity index (χ4v) is 3.20. The zero-order chi connectivity index (χ0) is 19.8. The molecule has 0 aliphatic carbocycles. The minimum absolute atomic E-state index is 0.0704. The Kier molecular flexibility index (Phi) is 7.99. The Hall–Kier alpha value is -2.19. The predicted molar refractivity (Wildman–Crippen MR) is 107 cm³/mol. The lowest BCUT2D eigenvalue weighted by atomic mass is 10.0. The highest BCUT2D eigenvalue weighted by atomic mass is 35.5. The van der Waals surface area contributed by atoms with Gasteiger partial charge in [-0.15, -0.1) is 21.8 Å². The highest BCUT2D eigenvalue weighted by Crippen LogP contribution is 2.28. The molecular weight excluding hydrogens is 388 g/mol. The van der Waals surface area contributed by atoms with Crippen molar-refractivity contribution in [1.29, 1.82) is 0 Å². The van der Waals surface area contributed by atoms with E-state index in [1.54, 1.807) is 7.11 Å². The van der Waals surface area contributed by atoms with Gasteiger partial charge in [0.2, 0.25) is 16.9 Å². The van der Waals surface area contributed by atoms with E-state index in [1.165, 1.54) is 11.3 Å². The summed E-state index contributed by atoms with van der Waals surface area (Å²) in [5.74, 6) is 0.577. The van der Waals surface area contributed by atoms with Gasteiger partial charge in [-0.1, -0.05) is 25.2 Å². The molecule has 0 aliphatic heterocycles. The number of methoxy groups -OCH3 is 1. The summed E-state index contributed by atoms with van der Waals surface area (Å²) in [6, 6.07) is 6.76. The molecule has 2 aromatic rings. The van der Waals surface area contributed by atoms with Crippen LogP contribution in [0.25, 0.3) is 10.6 Å². The Morgan fingerprint density at radius 2 is 1.93 bits per heavy atom. The molecule has 27 heavy (non-hydrogen) atoms. The average Bonchev–Trinajstić information content (AvgIpc) is 3.12. The van der Waals surface area contributed by atoms with Crippen molar-refractivity contribution in [2.24, 2.45) is 5.92 Å². The van der Waals surface area contributed by atoms with Crippen LogP contribution in [0.4, 0.5) is 5.13 Å². The maximum Gasteiger partial charge on any atom is 0.249 e. The molecule has 2 rings (SSSR count). The van der Waals surface area contributed by atoms with Crippen molar-refractivity contribution in [3.63, 3.8) is 0 Å². The number of carbonyl (C=O) groups is 2. The third-order valence-corrected chi connectivity index (χ3v) is 4.95. The molecule has 0 radical (unpaired) electrons. The lowest BCUT2D eigenvalue weighted by molar-refractivity contribution is -0.127. The third-order valence-electron chi connectivity index (χ3n) is 3.80. The van der Waals surface area contributed by atoms with Crippen LogP contribution < -0.4 is 15.4 Å². The zero-order valence-corrected chi connectivity index (χ0v) is 17.1. The van der Waals surface area contributed by atoms with Crippen LogP contribution in [0.3, 0.4) is 0 Å². The maximum absolute atomic E-state index is 12.6. The van der Waals surface area contributed by atoms with Crippen LogP contribution in [0.5, 0.6) is 5.75 Å². The molecule has 1 aromatic heterocycles. The molecule has 0 bridgehead atoms. The van der Waals surface area contributed by atoms with Gasteiger partial charge in [0, 0.05) is 17.9 Å². The largest absolute Gasteiger partial charge is 0.497 e. The van der Waals surface area contributed by atoms with E-state index in [0.29, 0.717) is 28.9 Å². The average molecular weight is 411 g/mol. The van der Waals surface area contributed by atoms with E-state index in [4.69, 9.17) is 16.3 Å². The van der Waals surface area contributed by atoms with Gasteiger partial charge in [-0.25, -0.2) is 0 Å². The fraction of sp³-hybridized carbons (Fsp3) is 0.444. The van der Waals surface area contributed by atoms with E-state index in [9.17, 15) is 9.59 Å². The lowest BCUT2D eigenvalue weighted by Gasteiger charge is -2.20.